The summed E-state index contributed by atoms with van der Waals surface area (Å²) in [5.74, 6) is -1.52. The minimum absolute atomic E-state index is 0.0322. The van der Waals surface area contributed by atoms with E-state index in [0.717, 1.165) is 31.2 Å². The maximum Gasteiger partial charge on any atom is 0.295 e. The molecule has 6 heteroatoms. The van der Waals surface area contributed by atoms with Crippen LogP contribution in [0.5, 0.6) is 0 Å². The molecule has 1 aliphatic carbocycles. The number of hydrogen-bond acceptors (Lipinski definition) is 4. The van der Waals surface area contributed by atoms with Crippen LogP contribution in [-0.2, 0) is 28.9 Å². The van der Waals surface area contributed by atoms with Gasteiger partial charge >= 0.3 is 0 Å². The first-order valence-corrected chi connectivity index (χ1v) is 11.2. The Bertz CT molecular complexity index is 1230. The van der Waals surface area contributed by atoms with E-state index in [4.69, 9.17) is 4.42 Å². The molecular formula is C27H24FNO4. The normalized spacial score (nSPS) is 19.7. The minimum Gasteiger partial charge on any atom is -0.507 e. The average molecular weight is 445 g/mol. The van der Waals surface area contributed by atoms with Crippen molar-refractivity contribution >= 4 is 17.4 Å². The number of aliphatic hydroxyl groups excluding tert-OH is 1. The molecule has 1 fully saturated rings. The summed E-state index contributed by atoms with van der Waals surface area (Å²) in [6, 6.07) is 14.3. The van der Waals surface area contributed by atoms with Gasteiger partial charge in [0.15, 0.2) is 0 Å². The van der Waals surface area contributed by atoms with Crippen molar-refractivity contribution in [1.29, 1.82) is 0 Å². The number of fused-ring (bicyclic) bond motifs is 1. The lowest BCUT2D eigenvalue weighted by atomic mass is 9.89. The number of benzene rings is 2. The van der Waals surface area contributed by atoms with E-state index in [2.05, 4.69) is 0 Å². The zero-order valence-corrected chi connectivity index (χ0v) is 18.1. The molecule has 1 N–H and O–H groups in total. The molecule has 0 saturated carbocycles. The number of carbonyl (C=O) groups is 2. The van der Waals surface area contributed by atoms with Gasteiger partial charge < -0.3 is 14.4 Å². The number of rotatable bonds is 5. The fourth-order valence-electron chi connectivity index (χ4n) is 4.79. The average Bonchev–Trinajstić information content (AvgIpc) is 3.45. The molecule has 0 radical (unpaired) electrons. The van der Waals surface area contributed by atoms with Crippen LogP contribution in [0.2, 0.25) is 0 Å². The van der Waals surface area contributed by atoms with Crippen LogP contribution in [-0.4, -0.2) is 28.2 Å². The third-order valence-electron chi connectivity index (χ3n) is 6.53. The fourth-order valence-corrected chi connectivity index (χ4v) is 4.79. The highest BCUT2D eigenvalue weighted by Crippen LogP contribution is 2.40. The van der Waals surface area contributed by atoms with E-state index in [1.54, 1.807) is 24.3 Å². The van der Waals surface area contributed by atoms with E-state index in [-0.39, 0.29) is 23.7 Å². The summed E-state index contributed by atoms with van der Waals surface area (Å²) >= 11 is 0. The molecule has 5 rings (SSSR count). The molecule has 3 aromatic rings. The molecule has 0 bridgehead atoms. The summed E-state index contributed by atoms with van der Waals surface area (Å²) in [5, 5.41) is 11.2. The second-order valence-electron chi connectivity index (χ2n) is 8.57. The summed E-state index contributed by atoms with van der Waals surface area (Å²) in [4.78, 5) is 27.5. The summed E-state index contributed by atoms with van der Waals surface area (Å²) < 4.78 is 18.8. The Hall–Kier alpha value is -3.67. The van der Waals surface area contributed by atoms with Crippen LogP contribution in [0.25, 0.3) is 5.76 Å². The van der Waals surface area contributed by atoms with E-state index >= 15 is 0 Å². The maximum absolute atomic E-state index is 13.2. The first kappa shape index (κ1) is 21.2. The highest BCUT2D eigenvalue weighted by Gasteiger charge is 2.47. The SMILES string of the molecule is O=C1C(=O)N(CCc2ccc(F)cc2)C(c2ccco2)/C1=C(/O)c1ccc2c(c1)CCCC2. The Morgan fingerprint density at radius 1 is 1.03 bits per heavy atom. The molecule has 168 valence electrons. The lowest BCUT2D eigenvalue weighted by Crippen LogP contribution is -2.31. The zero-order chi connectivity index (χ0) is 22.9. The Morgan fingerprint density at radius 2 is 1.79 bits per heavy atom. The van der Waals surface area contributed by atoms with Gasteiger partial charge in [-0.3, -0.25) is 9.59 Å². The van der Waals surface area contributed by atoms with Crippen molar-refractivity contribution in [2.75, 3.05) is 6.54 Å². The van der Waals surface area contributed by atoms with Crippen molar-refractivity contribution in [2.45, 2.75) is 38.1 Å². The van der Waals surface area contributed by atoms with Crippen LogP contribution >= 0.6 is 0 Å². The molecule has 33 heavy (non-hydrogen) atoms. The van der Waals surface area contributed by atoms with Gasteiger partial charge in [0.2, 0.25) is 0 Å². The van der Waals surface area contributed by atoms with Gasteiger partial charge in [0, 0.05) is 12.1 Å². The van der Waals surface area contributed by atoms with E-state index in [1.165, 1.54) is 34.4 Å². The molecule has 5 nitrogen and oxygen atoms in total. The first-order chi connectivity index (χ1) is 16.0. The topological polar surface area (TPSA) is 70.8 Å². The second kappa shape index (κ2) is 8.70. The zero-order valence-electron chi connectivity index (χ0n) is 18.1. The molecule has 1 aliphatic heterocycles. The number of furan rings is 1. The number of aryl methyl sites for hydroxylation is 2. The summed E-state index contributed by atoms with van der Waals surface area (Å²) in [5.41, 5.74) is 3.84. The minimum atomic E-state index is -0.823. The van der Waals surface area contributed by atoms with Crippen LogP contribution in [0, 0.1) is 5.82 Å². The number of Topliss-reactive ketones (excluding diaryl/α,β-unsaturated/α-hetero) is 1. The summed E-state index contributed by atoms with van der Waals surface area (Å²) in [7, 11) is 0. The standard InChI is InChI=1S/C27H24FNO4/c28-21-11-7-17(8-12-21)13-14-29-24(22-6-3-15-33-22)23(26(31)27(29)32)25(30)20-10-9-18-4-1-2-5-19(18)16-20/h3,6-12,15-16,24,30H,1-2,4-5,13-14H2/b25-23-. The highest BCUT2D eigenvalue weighted by atomic mass is 19.1. The van der Waals surface area contributed by atoms with Crippen LogP contribution in [0.15, 0.2) is 70.9 Å². The van der Waals surface area contributed by atoms with Crippen molar-refractivity contribution in [3.05, 3.63) is 100 Å². The molecule has 1 atom stereocenters. The van der Waals surface area contributed by atoms with E-state index in [1.807, 2.05) is 18.2 Å². The lowest BCUT2D eigenvalue weighted by Gasteiger charge is -2.23. The van der Waals surface area contributed by atoms with Crippen molar-refractivity contribution in [2.24, 2.45) is 0 Å². The van der Waals surface area contributed by atoms with Gasteiger partial charge in [-0.05, 0) is 79.1 Å². The van der Waals surface area contributed by atoms with Gasteiger partial charge in [-0.2, -0.15) is 0 Å². The van der Waals surface area contributed by atoms with E-state index in [9.17, 15) is 19.1 Å². The van der Waals surface area contributed by atoms with Crippen LogP contribution < -0.4 is 0 Å². The molecule has 0 spiro atoms. The Kier molecular flexibility index (Phi) is 5.58. The third-order valence-corrected chi connectivity index (χ3v) is 6.53. The highest BCUT2D eigenvalue weighted by molar-refractivity contribution is 6.46. The number of ketones is 1. The number of nitrogens with zero attached hydrogens (tertiary/aromatic N) is 1. The van der Waals surface area contributed by atoms with Gasteiger partial charge in [0.25, 0.3) is 11.7 Å². The molecule has 1 aromatic heterocycles. The molecular weight excluding hydrogens is 421 g/mol. The monoisotopic (exact) mass is 445 g/mol. The van der Waals surface area contributed by atoms with Crippen molar-refractivity contribution in [3.63, 3.8) is 0 Å². The Balaban J connectivity index is 1.52. The second-order valence-corrected chi connectivity index (χ2v) is 8.57. The Labute approximate surface area is 191 Å². The third kappa shape index (κ3) is 3.97. The number of aliphatic hydroxyl groups is 1. The van der Waals surface area contributed by atoms with Crippen molar-refractivity contribution in [3.8, 4) is 0 Å². The number of amides is 1. The molecule has 1 amide bonds. The largest absolute Gasteiger partial charge is 0.507 e. The van der Waals surface area contributed by atoms with Crippen molar-refractivity contribution < 1.29 is 23.5 Å². The molecule has 2 heterocycles. The van der Waals surface area contributed by atoms with E-state index < -0.39 is 17.7 Å². The quantitative estimate of drug-likeness (QED) is 0.342. The predicted molar refractivity (Wildman–Crippen MR) is 121 cm³/mol. The van der Waals surface area contributed by atoms with E-state index in [0.29, 0.717) is 17.7 Å². The van der Waals surface area contributed by atoms with Gasteiger partial charge in [-0.25, -0.2) is 4.39 Å². The van der Waals surface area contributed by atoms with Crippen LogP contribution in [0.1, 0.15) is 46.9 Å². The molecule has 2 aromatic carbocycles. The van der Waals surface area contributed by atoms with Crippen molar-refractivity contribution in [1.82, 2.24) is 4.90 Å². The van der Waals surface area contributed by atoms with Gasteiger partial charge in [0.05, 0.1) is 11.8 Å². The van der Waals surface area contributed by atoms with Gasteiger partial charge in [-0.15, -0.1) is 0 Å². The number of carbonyl (C=O) groups excluding carboxylic acids is 2. The van der Waals surface area contributed by atoms with Crippen LogP contribution in [0.3, 0.4) is 0 Å². The Morgan fingerprint density at radius 3 is 2.52 bits per heavy atom. The first-order valence-electron chi connectivity index (χ1n) is 11.2. The van der Waals surface area contributed by atoms with Crippen LogP contribution in [0.4, 0.5) is 4.39 Å². The number of likely N-dealkylation sites (tertiary alicyclic amines) is 1. The summed E-state index contributed by atoms with van der Waals surface area (Å²) in [6.07, 6.45) is 6.10. The smallest absolute Gasteiger partial charge is 0.295 e. The summed E-state index contributed by atoms with van der Waals surface area (Å²) in [6.45, 7) is 0.225. The molecule has 2 aliphatic rings. The predicted octanol–water partition coefficient (Wildman–Crippen LogP) is 4.96. The maximum atomic E-state index is 13.2. The molecule has 1 saturated heterocycles. The molecule has 1 unspecified atom stereocenters. The van der Waals surface area contributed by atoms with Gasteiger partial charge in [-0.1, -0.05) is 24.3 Å². The number of halogens is 1. The number of hydrogen-bond donors (Lipinski definition) is 1. The fraction of sp³-hybridized carbons (Fsp3) is 0.259. The lowest BCUT2D eigenvalue weighted by molar-refractivity contribution is -0.140. The van der Waals surface area contributed by atoms with Gasteiger partial charge in [0.1, 0.15) is 23.4 Å².